The summed E-state index contributed by atoms with van der Waals surface area (Å²) in [5.41, 5.74) is 0. The lowest BCUT2D eigenvalue weighted by atomic mass is 9.98. The van der Waals surface area contributed by atoms with Gasteiger partial charge in [0.1, 0.15) is 0 Å². The molecule has 1 aliphatic rings. The van der Waals surface area contributed by atoms with Gasteiger partial charge in [0, 0.05) is 6.54 Å². The minimum absolute atomic E-state index is 0.0141. The molecule has 0 bridgehead atoms. The maximum Gasteiger partial charge on any atom is 0.310 e. The van der Waals surface area contributed by atoms with E-state index in [2.05, 4.69) is 11.8 Å². The average Bonchev–Trinajstić information content (AvgIpc) is 2.57. The number of hydrogen-bond donors (Lipinski definition) is 0. The number of piperidine rings is 1. The monoisotopic (exact) mass is 325 g/mol. The second-order valence-electron chi connectivity index (χ2n) is 7.07. The van der Waals surface area contributed by atoms with Gasteiger partial charge in [0.05, 0.1) is 12.5 Å². The van der Waals surface area contributed by atoms with Crippen LogP contribution in [0.5, 0.6) is 0 Å². The number of ether oxygens (including phenoxy) is 1. The van der Waals surface area contributed by atoms with Crippen LogP contribution >= 0.6 is 0 Å². The van der Waals surface area contributed by atoms with E-state index in [1.807, 2.05) is 6.92 Å². The molecule has 1 fully saturated rings. The first kappa shape index (κ1) is 20.5. The second-order valence-corrected chi connectivity index (χ2v) is 7.07. The van der Waals surface area contributed by atoms with Gasteiger partial charge in [-0.2, -0.15) is 0 Å². The van der Waals surface area contributed by atoms with Crippen LogP contribution in [0.3, 0.4) is 0 Å². The number of nitrogens with zero attached hydrogens (tertiary/aromatic N) is 1. The first-order chi connectivity index (χ1) is 11.3. The number of unbranched alkanes of at least 4 members (excludes halogenated alkanes) is 9. The Hall–Kier alpha value is -0.570. The Kier molecular flexibility index (Phi) is 12.3. The van der Waals surface area contributed by atoms with Crippen molar-refractivity contribution in [1.82, 2.24) is 4.90 Å². The molecule has 1 aliphatic heterocycles. The fourth-order valence-electron chi connectivity index (χ4n) is 3.53. The first-order valence-electron chi connectivity index (χ1n) is 10.2. The van der Waals surface area contributed by atoms with Crippen LogP contribution in [0.2, 0.25) is 0 Å². The van der Waals surface area contributed by atoms with Crippen LogP contribution in [0.15, 0.2) is 0 Å². The van der Waals surface area contributed by atoms with Gasteiger partial charge in [-0.25, -0.2) is 0 Å². The highest BCUT2D eigenvalue weighted by Gasteiger charge is 2.26. The summed E-state index contributed by atoms with van der Waals surface area (Å²) in [6.45, 7) is 7.91. The SMILES string of the molecule is CCCCCCCCCCCCN1CCC[C@@H](C(=O)OCC)C1. The first-order valence-corrected chi connectivity index (χ1v) is 10.2. The highest BCUT2D eigenvalue weighted by atomic mass is 16.5. The van der Waals surface area contributed by atoms with Gasteiger partial charge in [0.15, 0.2) is 0 Å². The Morgan fingerprint density at radius 1 is 0.957 bits per heavy atom. The third kappa shape index (κ3) is 10.0. The average molecular weight is 326 g/mol. The molecule has 0 amide bonds. The Morgan fingerprint density at radius 2 is 1.57 bits per heavy atom. The third-order valence-corrected chi connectivity index (χ3v) is 4.95. The van der Waals surface area contributed by atoms with Crippen molar-refractivity contribution in [3.8, 4) is 0 Å². The molecule has 1 rings (SSSR count). The third-order valence-electron chi connectivity index (χ3n) is 4.95. The largest absolute Gasteiger partial charge is 0.466 e. The zero-order valence-corrected chi connectivity index (χ0v) is 15.7. The number of rotatable bonds is 13. The molecule has 0 aromatic carbocycles. The van der Waals surface area contributed by atoms with Crippen molar-refractivity contribution in [2.24, 2.45) is 5.92 Å². The quantitative estimate of drug-likeness (QED) is 0.345. The van der Waals surface area contributed by atoms with Gasteiger partial charge in [-0.1, -0.05) is 64.7 Å². The van der Waals surface area contributed by atoms with Crippen LogP contribution in [0.1, 0.15) is 90.9 Å². The molecule has 0 aromatic heterocycles. The molecule has 0 aromatic rings. The van der Waals surface area contributed by atoms with E-state index in [1.54, 1.807) is 0 Å². The van der Waals surface area contributed by atoms with Crippen molar-refractivity contribution in [3.63, 3.8) is 0 Å². The van der Waals surface area contributed by atoms with Crippen molar-refractivity contribution in [1.29, 1.82) is 0 Å². The van der Waals surface area contributed by atoms with Gasteiger partial charge in [-0.15, -0.1) is 0 Å². The van der Waals surface area contributed by atoms with Crippen LogP contribution in [0.25, 0.3) is 0 Å². The summed E-state index contributed by atoms with van der Waals surface area (Å²) in [5, 5.41) is 0. The van der Waals surface area contributed by atoms with E-state index in [9.17, 15) is 4.79 Å². The summed E-state index contributed by atoms with van der Waals surface area (Å²) in [4.78, 5) is 14.3. The summed E-state index contributed by atoms with van der Waals surface area (Å²) in [5.74, 6) is 0.132. The van der Waals surface area contributed by atoms with Crippen LogP contribution < -0.4 is 0 Å². The molecule has 0 aliphatic carbocycles. The van der Waals surface area contributed by atoms with Gasteiger partial charge >= 0.3 is 5.97 Å². The van der Waals surface area contributed by atoms with Gasteiger partial charge in [-0.05, 0) is 39.3 Å². The van der Waals surface area contributed by atoms with Crippen molar-refractivity contribution >= 4 is 5.97 Å². The highest BCUT2D eigenvalue weighted by Crippen LogP contribution is 2.19. The van der Waals surface area contributed by atoms with E-state index >= 15 is 0 Å². The summed E-state index contributed by atoms with van der Waals surface area (Å²) >= 11 is 0. The van der Waals surface area contributed by atoms with Crippen molar-refractivity contribution in [2.45, 2.75) is 90.9 Å². The molecule has 0 radical (unpaired) electrons. The topological polar surface area (TPSA) is 29.5 Å². The number of carbonyl (C=O) groups is 1. The minimum atomic E-state index is 0.0141. The van der Waals surface area contributed by atoms with E-state index in [1.165, 1.54) is 64.2 Å². The number of hydrogen-bond acceptors (Lipinski definition) is 3. The van der Waals surface area contributed by atoms with Crippen LogP contribution in [0, 0.1) is 5.92 Å². The molecule has 0 unspecified atom stereocenters. The normalized spacial score (nSPS) is 19.0. The highest BCUT2D eigenvalue weighted by molar-refractivity contribution is 5.72. The molecule has 1 heterocycles. The van der Waals surface area contributed by atoms with E-state index in [4.69, 9.17) is 4.74 Å². The van der Waals surface area contributed by atoms with Gasteiger partial charge < -0.3 is 9.64 Å². The number of likely N-dealkylation sites (tertiary alicyclic amines) is 1. The number of esters is 1. The predicted molar refractivity (Wildman–Crippen MR) is 97.6 cm³/mol. The molecule has 3 nitrogen and oxygen atoms in total. The van der Waals surface area contributed by atoms with Crippen molar-refractivity contribution in [3.05, 3.63) is 0 Å². The Morgan fingerprint density at radius 3 is 2.17 bits per heavy atom. The molecule has 23 heavy (non-hydrogen) atoms. The molecule has 0 saturated carbocycles. The molecular weight excluding hydrogens is 286 g/mol. The zero-order valence-electron chi connectivity index (χ0n) is 15.7. The van der Waals surface area contributed by atoms with Gasteiger partial charge in [0.2, 0.25) is 0 Å². The van der Waals surface area contributed by atoms with Crippen LogP contribution in [-0.2, 0) is 9.53 Å². The Balaban J connectivity index is 1.95. The standard InChI is InChI=1S/C20H39NO2/c1-3-5-6-7-8-9-10-11-12-13-16-21-17-14-15-19(18-21)20(22)23-4-2/h19H,3-18H2,1-2H3/t19-/m1/s1. The molecule has 1 atom stereocenters. The van der Waals surface area contributed by atoms with Gasteiger partial charge in [-0.3, -0.25) is 4.79 Å². The fourth-order valence-corrected chi connectivity index (χ4v) is 3.53. The van der Waals surface area contributed by atoms with E-state index in [0.717, 1.165) is 32.5 Å². The molecule has 136 valence electrons. The van der Waals surface area contributed by atoms with E-state index in [0.29, 0.717) is 6.61 Å². The van der Waals surface area contributed by atoms with Gasteiger partial charge in [0.25, 0.3) is 0 Å². The van der Waals surface area contributed by atoms with E-state index < -0.39 is 0 Å². The maximum atomic E-state index is 11.8. The van der Waals surface area contributed by atoms with Crippen molar-refractivity contribution in [2.75, 3.05) is 26.2 Å². The molecule has 0 spiro atoms. The van der Waals surface area contributed by atoms with Crippen LogP contribution in [0.4, 0.5) is 0 Å². The molecule has 0 N–H and O–H groups in total. The smallest absolute Gasteiger partial charge is 0.310 e. The fraction of sp³-hybridized carbons (Fsp3) is 0.950. The number of carbonyl (C=O) groups excluding carboxylic acids is 1. The summed E-state index contributed by atoms with van der Waals surface area (Å²) < 4.78 is 5.17. The lowest BCUT2D eigenvalue weighted by molar-refractivity contribution is -0.149. The Bertz CT molecular complexity index is 293. The van der Waals surface area contributed by atoms with Crippen molar-refractivity contribution < 1.29 is 9.53 Å². The summed E-state index contributed by atoms with van der Waals surface area (Å²) in [6, 6.07) is 0. The Labute approximate surface area is 144 Å². The molecular formula is C20H39NO2. The molecule has 1 saturated heterocycles. The summed E-state index contributed by atoms with van der Waals surface area (Å²) in [7, 11) is 0. The lowest BCUT2D eigenvalue weighted by Crippen LogP contribution is -2.39. The molecule has 3 heteroatoms. The maximum absolute atomic E-state index is 11.8. The second kappa shape index (κ2) is 13.8. The minimum Gasteiger partial charge on any atom is -0.466 e. The predicted octanol–water partition coefficient (Wildman–Crippen LogP) is 5.18. The lowest BCUT2D eigenvalue weighted by Gasteiger charge is -2.31. The summed E-state index contributed by atoms with van der Waals surface area (Å²) in [6.07, 6.45) is 16.0. The van der Waals surface area contributed by atoms with Crippen LogP contribution in [-0.4, -0.2) is 37.1 Å². The van der Waals surface area contributed by atoms with E-state index in [-0.39, 0.29) is 11.9 Å². The zero-order chi connectivity index (χ0) is 16.8.